The molecule has 1 aliphatic heterocycles. The molecular formula is C20H38N2O4. The van der Waals surface area contributed by atoms with Crippen LogP contribution in [-0.2, 0) is 19.1 Å². The Morgan fingerprint density at radius 2 is 1.27 bits per heavy atom. The van der Waals surface area contributed by atoms with Gasteiger partial charge in [0.15, 0.2) is 0 Å². The van der Waals surface area contributed by atoms with Gasteiger partial charge in [-0.05, 0) is 53.4 Å². The van der Waals surface area contributed by atoms with Gasteiger partial charge in [0.2, 0.25) is 0 Å². The number of cyclic esters (lactones) is 2. The minimum atomic E-state index is -1.46. The average molecular weight is 371 g/mol. The van der Waals surface area contributed by atoms with E-state index in [9.17, 15) is 9.59 Å². The van der Waals surface area contributed by atoms with E-state index in [4.69, 9.17) is 20.9 Å². The second-order valence-corrected chi connectivity index (χ2v) is 8.89. The van der Waals surface area contributed by atoms with Crippen LogP contribution in [-0.4, -0.2) is 28.8 Å². The van der Waals surface area contributed by atoms with Crippen LogP contribution >= 0.6 is 0 Å². The maximum atomic E-state index is 12.4. The molecule has 0 aromatic heterocycles. The van der Waals surface area contributed by atoms with E-state index < -0.39 is 11.3 Å². The van der Waals surface area contributed by atoms with Gasteiger partial charge in [0.25, 0.3) is 5.79 Å². The van der Waals surface area contributed by atoms with Crippen LogP contribution in [0.25, 0.3) is 0 Å². The summed E-state index contributed by atoms with van der Waals surface area (Å²) in [5.74, 6) is -2.18. The molecule has 0 atom stereocenters. The molecule has 4 N–H and O–H groups in total. The van der Waals surface area contributed by atoms with Gasteiger partial charge >= 0.3 is 11.9 Å². The largest absolute Gasteiger partial charge is 0.420 e. The van der Waals surface area contributed by atoms with Crippen molar-refractivity contribution in [2.75, 3.05) is 0 Å². The predicted molar refractivity (Wildman–Crippen MR) is 102 cm³/mol. The van der Waals surface area contributed by atoms with Gasteiger partial charge in [-0.15, -0.1) is 0 Å². The number of rotatable bonds is 5. The van der Waals surface area contributed by atoms with Crippen molar-refractivity contribution >= 4 is 11.9 Å². The standard InChI is InChI=1S/C20H38N2O4/c1-18(2,21)14-11-15-20(19(3,4)22)25-16(23)12-9-7-5-6-8-10-13-17(24)26-20/h5-15,21-22H2,1-4H3. The lowest BCUT2D eigenvalue weighted by molar-refractivity contribution is -0.253. The average Bonchev–Trinajstić information content (AvgIpc) is 2.47. The van der Waals surface area contributed by atoms with Crippen LogP contribution in [0.3, 0.4) is 0 Å². The Hall–Kier alpha value is -1.14. The normalized spacial score (nSPS) is 21.0. The van der Waals surface area contributed by atoms with Crippen molar-refractivity contribution in [3.05, 3.63) is 0 Å². The molecule has 1 saturated heterocycles. The first-order chi connectivity index (χ1) is 12.0. The Labute approximate surface area is 158 Å². The summed E-state index contributed by atoms with van der Waals surface area (Å²) < 4.78 is 11.5. The number of nitrogens with two attached hydrogens (primary N) is 2. The van der Waals surface area contributed by atoms with Gasteiger partial charge < -0.3 is 20.9 Å². The summed E-state index contributed by atoms with van der Waals surface area (Å²) in [5, 5.41) is 0. The van der Waals surface area contributed by atoms with Gasteiger partial charge in [-0.25, -0.2) is 0 Å². The third-order valence-electron chi connectivity index (χ3n) is 4.88. The Morgan fingerprint density at radius 1 is 0.846 bits per heavy atom. The molecule has 0 bridgehead atoms. The summed E-state index contributed by atoms with van der Waals surface area (Å²) in [6.07, 6.45) is 8.01. The zero-order chi connectivity index (χ0) is 19.8. The molecule has 0 aromatic carbocycles. The second-order valence-electron chi connectivity index (χ2n) is 8.89. The molecule has 0 aliphatic carbocycles. The molecular weight excluding hydrogens is 332 g/mol. The van der Waals surface area contributed by atoms with E-state index in [-0.39, 0.29) is 17.5 Å². The Bertz CT molecular complexity index is 439. The zero-order valence-corrected chi connectivity index (χ0v) is 17.1. The lowest BCUT2D eigenvalue weighted by Gasteiger charge is -2.42. The second kappa shape index (κ2) is 9.70. The molecule has 0 saturated carbocycles. The summed E-state index contributed by atoms with van der Waals surface area (Å²) >= 11 is 0. The van der Waals surface area contributed by atoms with Crippen LogP contribution < -0.4 is 11.5 Å². The van der Waals surface area contributed by atoms with E-state index in [0.717, 1.165) is 38.5 Å². The highest BCUT2D eigenvalue weighted by atomic mass is 16.7. The number of esters is 2. The number of carbonyl (C=O) groups is 2. The van der Waals surface area contributed by atoms with Crippen LogP contribution in [0, 0.1) is 0 Å². The number of hydrogen-bond donors (Lipinski definition) is 2. The highest BCUT2D eigenvalue weighted by Crippen LogP contribution is 2.34. The maximum Gasteiger partial charge on any atom is 0.309 e. The van der Waals surface area contributed by atoms with E-state index in [1.807, 2.05) is 13.8 Å². The molecule has 1 rings (SSSR count). The van der Waals surface area contributed by atoms with Gasteiger partial charge in [0.1, 0.15) is 0 Å². The fraction of sp³-hybridized carbons (Fsp3) is 0.900. The van der Waals surface area contributed by atoms with Crippen LogP contribution in [0.15, 0.2) is 0 Å². The highest BCUT2D eigenvalue weighted by Gasteiger charge is 2.49. The van der Waals surface area contributed by atoms with Gasteiger partial charge in [-0.1, -0.05) is 25.7 Å². The van der Waals surface area contributed by atoms with E-state index >= 15 is 0 Å². The van der Waals surface area contributed by atoms with Crippen molar-refractivity contribution < 1.29 is 19.1 Å². The lowest BCUT2D eigenvalue weighted by Crippen LogP contribution is -2.61. The SMILES string of the molecule is CC(C)(N)CCCC1(C(C)(C)N)OC(=O)CCCCCCCCC(=O)O1. The number of hydrogen-bond acceptors (Lipinski definition) is 6. The van der Waals surface area contributed by atoms with Crippen LogP contribution in [0.2, 0.25) is 0 Å². The van der Waals surface area contributed by atoms with Crippen LogP contribution in [0.5, 0.6) is 0 Å². The number of ether oxygens (including phenoxy) is 2. The van der Waals surface area contributed by atoms with Gasteiger partial charge in [-0.2, -0.15) is 0 Å². The van der Waals surface area contributed by atoms with Crippen molar-refractivity contribution in [2.45, 2.75) is 115 Å². The smallest absolute Gasteiger partial charge is 0.309 e. The Kier molecular flexibility index (Phi) is 8.54. The van der Waals surface area contributed by atoms with Gasteiger partial charge in [0, 0.05) is 24.8 Å². The first kappa shape index (κ1) is 22.9. The molecule has 26 heavy (non-hydrogen) atoms. The van der Waals surface area contributed by atoms with Crippen molar-refractivity contribution in [3.8, 4) is 0 Å². The molecule has 6 nitrogen and oxygen atoms in total. The summed E-state index contributed by atoms with van der Waals surface area (Å²) in [5.41, 5.74) is 11.0. The van der Waals surface area contributed by atoms with Crippen molar-refractivity contribution in [1.82, 2.24) is 0 Å². The topological polar surface area (TPSA) is 105 Å². The number of carbonyl (C=O) groups excluding carboxylic acids is 2. The van der Waals surface area contributed by atoms with Crippen molar-refractivity contribution in [2.24, 2.45) is 11.5 Å². The minimum Gasteiger partial charge on any atom is -0.420 e. The fourth-order valence-corrected chi connectivity index (χ4v) is 3.20. The molecule has 152 valence electrons. The van der Waals surface area contributed by atoms with E-state index in [2.05, 4.69) is 0 Å². The van der Waals surface area contributed by atoms with E-state index in [1.165, 1.54) is 0 Å². The molecule has 1 aliphatic rings. The summed E-state index contributed by atoms with van der Waals surface area (Å²) in [6, 6.07) is 0. The van der Waals surface area contributed by atoms with Crippen molar-refractivity contribution in [3.63, 3.8) is 0 Å². The van der Waals surface area contributed by atoms with Gasteiger partial charge in [-0.3, -0.25) is 9.59 Å². The van der Waals surface area contributed by atoms with Crippen LogP contribution in [0.1, 0.15) is 98.3 Å². The molecule has 1 heterocycles. The van der Waals surface area contributed by atoms with Crippen molar-refractivity contribution in [1.29, 1.82) is 0 Å². The quantitative estimate of drug-likeness (QED) is 0.717. The minimum absolute atomic E-state index is 0.317. The molecule has 0 spiro atoms. The molecule has 0 amide bonds. The highest BCUT2D eigenvalue weighted by molar-refractivity contribution is 5.72. The summed E-state index contributed by atoms with van der Waals surface area (Å²) in [4.78, 5) is 24.8. The molecule has 6 heteroatoms. The molecule has 0 unspecified atom stereocenters. The summed E-state index contributed by atoms with van der Waals surface area (Å²) in [7, 11) is 0. The molecule has 1 fully saturated rings. The van der Waals surface area contributed by atoms with Crippen LogP contribution in [0.4, 0.5) is 0 Å². The Balaban J connectivity index is 3.01. The third-order valence-corrected chi connectivity index (χ3v) is 4.88. The zero-order valence-electron chi connectivity index (χ0n) is 17.1. The third kappa shape index (κ3) is 8.04. The monoisotopic (exact) mass is 370 g/mol. The maximum absolute atomic E-state index is 12.4. The first-order valence-corrected chi connectivity index (χ1v) is 9.97. The molecule has 0 radical (unpaired) electrons. The fourth-order valence-electron chi connectivity index (χ4n) is 3.20. The predicted octanol–water partition coefficient (Wildman–Crippen LogP) is 3.55. The summed E-state index contributed by atoms with van der Waals surface area (Å²) in [6.45, 7) is 7.35. The first-order valence-electron chi connectivity index (χ1n) is 9.97. The van der Waals surface area contributed by atoms with E-state index in [1.54, 1.807) is 13.8 Å². The molecule has 0 aromatic rings. The Morgan fingerprint density at radius 3 is 1.65 bits per heavy atom. The lowest BCUT2D eigenvalue weighted by atomic mass is 9.87. The van der Waals surface area contributed by atoms with Gasteiger partial charge in [0.05, 0.1) is 5.54 Å². The van der Waals surface area contributed by atoms with E-state index in [0.29, 0.717) is 32.1 Å².